The number of anilines is 1. The highest BCUT2D eigenvalue weighted by Crippen LogP contribution is 2.03. The number of nitrogens with two attached hydrogens (primary N) is 1. The van der Waals surface area contributed by atoms with Crippen molar-refractivity contribution in [3.05, 3.63) is 17.6 Å². The SMILES string of the molecule is C#Cc1ncc(C)c(N)n1. The molecule has 0 aliphatic rings. The number of nitrogen functional groups attached to an aromatic ring is 1. The maximum Gasteiger partial charge on any atom is 0.206 e. The van der Waals surface area contributed by atoms with Gasteiger partial charge in [0.2, 0.25) is 5.82 Å². The van der Waals surface area contributed by atoms with E-state index in [1.54, 1.807) is 6.20 Å². The molecule has 2 N–H and O–H groups in total. The zero-order chi connectivity index (χ0) is 7.56. The van der Waals surface area contributed by atoms with Crippen molar-refractivity contribution in [3.8, 4) is 12.3 Å². The minimum absolute atomic E-state index is 0.336. The molecule has 1 aromatic heterocycles. The van der Waals surface area contributed by atoms with E-state index in [0.29, 0.717) is 11.6 Å². The molecule has 0 saturated heterocycles. The first kappa shape index (κ1) is 6.56. The van der Waals surface area contributed by atoms with Gasteiger partial charge >= 0.3 is 0 Å². The van der Waals surface area contributed by atoms with Crippen LogP contribution in [0.2, 0.25) is 0 Å². The Morgan fingerprint density at radius 2 is 2.40 bits per heavy atom. The van der Waals surface area contributed by atoms with Gasteiger partial charge in [0.15, 0.2) is 0 Å². The van der Waals surface area contributed by atoms with Crippen molar-refractivity contribution in [2.24, 2.45) is 0 Å². The van der Waals surface area contributed by atoms with Crippen molar-refractivity contribution in [3.63, 3.8) is 0 Å². The third-order valence-electron chi connectivity index (χ3n) is 1.14. The van der Waals surface area contributed by atoms with Gasteiger partial charge in [-0.1, -0.05) is 0 Å². The van der Waals surface area contributed by atoms with Crippen LogP contribution in [0.15, 0.2) is 6.20 Å². The Morgan fingerprint density at radius 3 is 2.90 bits per heavy atom. The van der Waals surface area contributed by atoms with E-state index in [9.17, 15) is 0 Å². The fraction of sp³-hybridized carbons (Fsp3) is 0.143. The quantitative estimate of drug-likeness (QED) is 0.519. The molecule has 10 heavy (non-hydrogen) atoms. The summed E-state index contributed by atoms with van der Waals surface area (Å²) in [5.74, 6) is 3.08. The van der Waals surface area contributed by atoms with E-state index in [-0.39, 0.29) is 0 Å². The predicted molar refractivity (Wildman–Crippen MR) is 39.1 cm³/mol. The summed E-state index contributed by atoms with van der Waals surface area (Å²) < 4.78 is 0. The highest BCUT2D eigenvalue weighted by atomic mass is 14.9. The van der Waals surface area contributed by atoms with E-state index >= 15 is 0 Å². The minimum Gasteiger partial charge on any atom is -0.383 e. The number of hydrogen-bond acceptors (Lipinski definition) is 3. The Labute approximate surface area is 59.3 Å². The molecule has 50 valence electrons. The van der Waals surface area contributed by atoms with E-state index in [4.69, 9.17) is 12.2 Å². The minimum atomic E-state index is 0.336. The first-order valence-corrected chi connectivity index (χ1v) is 2.80. The first-order chi connectivity index (χ1) is 4.74. The molecule has 0 aromatic carbocycles. The number of aromatic nitrogens is 2. The third kappa shape index (κ3) is 1.06. The van der Waals surface area contributed by atoms with Crippen LogP contribution < -0.4 is 5.73 Å². The summed E-state index contributed by atoms with van der Waals surface area (Å²) in [7, 11) is 0. The van der Waals surface area contributed by atoms with Crippen molar-refractivity contribution < 1.29 is 0 Å². The average Bonchev–Trinajstić information content (AvgIpc) is 1.95. The summed E-state index contributed by atoms with van der Waals surface area (Å²) in [6.45, 7) is 1.83. The van der Waals surface area contributed by atoms with Gasteiger partial charge in [-0.3, -0.25) is 0 Å². The zero-order valence-electron chi connectivity index (χ0n) is 5.63. The monoisotopic (exact) mass is 133 g/mol. The standard InChI is InChI=1S/C7H7N3/c1-3-6-9-4-5(2)7(8)10-6/h1,4H,2H3,(H2,8,9,10). The van der Waals surface area contributed by atoms with Gasteiger partial charge in [0, 0.05) is 11.8 Å². The fourth-order valence-electron chi connectivity index (χ4n) is 0.525. The van der Waals surface area contributed by atoms with Crippen molar-refractivity contribution in [1.29, 1.82) is 0 Å². The normalized spacial score (nSPS) is 8.80. The van der Waals surface area contributed by atoms with Crippen LogP contribution >= 0.6 is 0 Å². The molecule has 0 aliphatic heterocycles. The zero-order valence-corrected chi connectivity index (χ0v) is 5.63. The lowest BCUT2D eigenvalue weighted by Crippen LogP contribution is -1.97. The number of terminal acetylenes is 1. The maximum absolute atomic E-state index is 5.45. The Bertz CT molecular complexity index is 285. The van der Waals surface area contributed by atoms with Gasteiger partial charge in [0.1, 0.15) is 5.82 Å². The van der Waals surface area contributed by atoms with Gasteiger partial charge in [0.05, 0.1) is 0 Å². The smallest absolute Gasteiger partial charge is 0.206 e. The highest BCUT2D eigenvalue weighted by Gasteiger charge is 1.94. The summed E-state index contributed by atoms with van der Waals surface area (Å²) in [6.07, 6.45) is 6.65. The van der Waals surface area contributed by atoms with Crippen LogP contribution in [0.3, 0.4) is 0 Å². The molecule has 0 bridgehead atoms. The molecule has 0 amide bonds. The van der Waals surface area contributed by atoms with E-state index in [1.807, 2.05) is 6.92 Å². The van der Waals surface area contributed by atoms with Gasteiger partial charge in [-0.05, 0) is 12.8 Å². The van der Waals surface area contributed by atoms with E-state index in [1.165, 1.54) is 0 Å². The summed E-state index contributed by atoms with van der Waals surface area (Å²) in [5.41, 5.74) is 6.30. The third-order valence-corrected chi connectivity index (χ3v) is 1.14. The predicted octanol–water partition coefficient (Wildman–Crippen LogP) is 0.349. The number of hydrogen-bond donors (Lipinski definition) is 1. The van der Waals surface area contributed by atoms with Crippen molar-refractivity contribution in [2.45, 2.75) is 6.92 Å². The second kappa shape index (κ2) is 2.36. The lowest BCUT2D eigenvalue weighted by molar-refractivity contribution is 1.11. The molecular weight excluding hydrogens is 126 g/mol. The number of rotatable bonds is 0. The van der Waals surface area contributed by atoms with Crippen LogP contribution in [0, 0.1) is 19.3 Å². The van der Waals surface area contributed by atoms with E-state index in [0.717, 1.165) is 5.56 Å². The summed E-state index contributed by atoms with van der Waals surface area (Å²) in [4.78, 5) is 7.65. The van der Waals surface area contributed by atoms with Gasteiger partial charge in [-0.2, -0.15) is 0 Å². The molecule has 0 radical (unpaired) electrons. The fourth-order valence-corrected chi connectivity index (χ4v) is 0.525. The van der Waals surface area contributed by atoms with Crippen molar-refractivity contribution in [1.82, 2.24) is 9.97 Å². The molecule has 3 heteroatoms. The maximum atomic E-state index is 5.45. The molecule has 0 atom stereocenters. The molecule has 3 nitrogen and oxygen atoms in total. The van der Waals surface area contributed by atoms with Crippen LogP contribution in [0.25, 0.3) is 0 Å². The van der Waals surface area contributed by atoms with Gasteiger partial charge in [-0.25, -0.2) is 9.97 Å². The molecule has 0 saturated carbocycles. The van der Waals surface area contributed by atoms with Gasteiger partial charge in [0.25, 0.3) is 0 Å². The molecule has 0 fully saturated rings. The summed E-state index contributed by atoms with van der Waals surface area (Å²) in [6, 6.07) is 0. The lowest BCUT2D eigenvalue weighted by Gasteiger charge is -1.95. The van der Waals surface area contributed by atoms with Gasteiger partial charge in [-0.15, -0.1) is 6.42 Å². The summed E-state index contributed by atoms with van der Waals surface area (Å²) in [5, 5.41) is 0. The van der Waals surface area contributed by atoms with Crippen LogP contribution in [0.1, 0.15) is 11.4 Å². The van der Waals surface area contributed by atoms with Crippen LogP contribution in [-0.4, -0.2) is 9.97 Å². The molecular formula is C7H7N3. The second-order valence-electron chi connectivity index (χ2n) is 1.91. The van der Waals surface area contributed by atoms with Crippen LogP contribution in [0.5, 0.6) is 0 Å². The van der Waals surface area contributed by atoms with Crippen LogP contribution in [0.4, 0.5) is 5.82 Å². The molecule has 1 rings (SSSR count). The second-order valence-corrected chi connectivity index (χ2v) is 1.91. The van der Waals surface area contributed by atoms with Crippen LogP contribution in [-0.2, 0) is 0 Å². The lowest BCUT2D eigenvalue weighted by atomic mass is 10.3. The number of nitrogens with zero attached hydrogens (tertiary/aromatic N) is 2. The Morgan fingerprint density at radius 1 is 1.70 bits per heavy atom. The molecule has 1 heterocycles. The largest absolute Gasteiger partial charge is 0.383 e. The molecule has 0 spiro atoms. The summed E-state index contributed by atoms with van der Waals surface area (Å²) >= 11 is 0. The number of aryl methyl sites for hydroxylation is 1. The molecule has 0 unspecified atom stereocenters. The van der Waals surface area contributed by atoms with E-state index in [2.05, 4.69) is 15.9 Å². The van der Waals surface area contributed by atoms with Crippen molar-refractivity contribution in [2.75, 3.05) is 5.73 Å². The average molecular weight is 133 g/mol. The van der Waals surface area contributed by atoms with Gasteiger partial charge < -0.3 is 5.73 Å². The highest BCUT2D eigenvalue weighted by molar-refractivity contribution is 5.38. The molecule has 1 aromatic rings. The molecule has 0 aliphatic carbocycles. The Hall–Kier alpha value is -1.56. The van der Waals surface area contributed by atoms with E-state index < -0.39 is 0 Å². The Balaban J connectivity index is 3.20. The van der Waals surface area contributed by atoms with Crippen molar-refractivity contribution >= 4 is 5.82 Å². The first-order valence-electron chi connectivity index (χ1n) is 2.80. The Kier molecular flexibility index (Phi) is 1.55. The topological polar surface area (TPSA) is 51.8 Å².